The number of carbonyl (C=O) groups excluding carboxylic acids is 5. The number of anilines is 4. The minimum atomic E-state index is -0.739. The van der Waals surface area contributed by atoms with E-state index in [1.165, 1.54) is 47.5 Å². The molecule has 20 heteroatoms. The van der Waals surface area contributed by atoms with Crippen molar-refractivity contribution in [3.05, 3.63) is 213 Å². The van der Waals surface area contributed by atoms with E-state index in [9.17, 15) is 49.5 Å². The fourth-order valence-corrected chi connectivity index (χ4v) is 10.9. The molecule has 1 atom stereocenters. The fraction of sp³-hybridized carbons (Fsp3) is 0.206. The zero-order chi connectivity index (χ0) is 63.2. The second-order valence-electron chi connectivity index (χ2n) is 19.8. The number of esters is 4. The Balaban J connectivity index is 0.000000197. The topological polar surface area (TPSA) is 279 Å². The number of aliphatic hydroxyl groups is 5. The molecule has 0 saturated heterocycles. The lowest BCUT2D eigenvalue weighted by molar-refractivity contribution is 0.0556. The minimum absolute atomic E-state index is 0.000217. The predicted molar refractivity (Wildman–Crippen MR) is 332 cm³/mol. The number of ether oxygens (including phenoxy) is 4. The number of aromatic nitrogens is 2. The van der Waals surface area contributed by atoms with Gasteiger partial charge in [0.05, 0.1) is 95.0 Å². The third-order valence-electron chi connectivity index (χ3n) is 14.8. The highest BCUT2D eigenvalue weighted by Crippen LogP contribution is 2.43. The minimum Gasteiger partial charge on any atom is -0.465 e. The number of para-hydroxylation sites is 2. The Morgan fingerprint density at radius 1 is 0.568 bits per heavy atom. The van der Waals surface area contributed by atoms with Gasteiger partial charge in [-0.25, -0.2) is 29.1 Å². The second kappa shape index (κ2) is 29.5. The Kier molecular flexibility index (Phi) is 21.5. The number of benzene rings is 7. The van der Waals surface area contributed by atoms with Crippen molar-refractivity contribution in [1.82, 2.24) is 9.97 Å². The molecule has 2 aromatic heterocycles. The summed E-state index contributed by atoms with van der Waals surface area (Å²) in [5.41, 5.74) is 6.90. The molecular weight excluding hydrogens is 1150 g/mol. The Morgan fingerprint density at radius 2 is 0.989 bits per heavy atom. The number of halogens is 1. The Hall–Kier alpha value is -9.91. The molecule has 88 heavy (non-hydrogen) atoms. The summed E-state index contributed by atoms with van der Waals surface area (Å²) in [6, 6.07) is 42.9. The van der Waals surface area contributed by atoms with Crippen LogP contribution in [0.5, 0.6) is 0 Å². The molecule has 450 valence electrons. The van der Waals surface area contributed by atoms with E-state index in [1.54, 1.807) is 67.0 Å². The van der Waals surface area contributed by atoms with E-state index in [0.717, 1.165) is 22.0 Å². The van der Waals surface area contributed by atoms with Gasteiger partial charge in [-0.2, -0.15) is 5.26 Å². The number of nitrogens with zero attached hydrogens (tertiary/aromatic N) is 5. The average Bonchev–Trinajstić information content (AvgIpc) is 0.877. The molecular formula is C68H62ClN5O14. The number of nitriles is 1. The van der Waals surface area contributed by atoms with Crippen molar-refractivity contribution in [3.8, 4) is 28.3 Å². The first kappa shape index (κ1) is 64.1. The van der Waals surface area contributed by atoms with Crippen LogP contribution in [0.15, 0.2) is 152 Å². The van der Waals surface area contributed by atoms with Crippen LogP contribution in [-0.4, -0.2) is 107 Å². The number of Topliss-reactive ketones (excluding diaryl/α,β-unsaturated/α-hetero) is 1. The van der Waals surface area contributed by atoms with Gasteiger partial charge in [-0.3, -0.25) is 4.79 Å². The van der Waals surface area contributed by atoms with Gasteiger partial charge in [0.25, 0.3) is 0 Å². The first-order chi connectivity index (χ1) is 42.6. The van der Waals surface area contributed by atoms with E-state index in [-0.39, 0.29) is 54.5 Å². The molecule has 2 aliphatic rings. The van der Waals surface area contributed by atoms with Crippen LogP contribution in [0.2, 0.25) is 5.02 Å². The summed E-state index contributed by atoms with van der Waals surface area (Å²) in [7, 11) is 4.92. The predicted octanol–water partition coefficient (Wildman–Crippen LogP) is 11.1. The first-order valence-corrected chi connectivity index (χ1v) is 27.9. The zero-order valence-corrected chi connectivity index (χ0v) is 49.4. The highest BCUT2D eigenvalue weighted by atomic mass is 35.5. The van der Waals surface area contributed by atoms with Gasteiger partial charge in [-0.05, 0) is 152 Å². The first-order valence-electron chi connectivity index (χ1n) is 27.5. The molecule has 0 spiro atoms. The molecule has 7 aromatic carbocycles. The van der Waals surface area contributed by atoms with Gasteiger partial charge >= 0.3 is 23.9 Å². The van der Waals surface area contributed by atoms with Crippen LogP contribution in [0.25, 0.3) is 43.8 Å². The van der Waals surface area contributed by atoms with Crippen molar-refractivity contribution in [2.24, 2.45) is 0 Å². The monoisotopic (exact) mass is 1210 g/mol. The van der Waals surface area contributed by atoms with Gasteiger partial charge in [-0.1, -0.05) is 60.1 Å². The Bertz CT molecular complexity index is 4130. The molecule has 0 amide bonds. The van der Waals surface area contributed by atoms with Crippen molar-refractivity contribution in [2.45, 2.75) is 52.3 Å². The number of hydrogen-bond donors (Lipinski definition) is 5. The van der Waals surface area contributed by atoms with Crippen LogP contribution >= 0.6 is 11.6 Å². The molecule has 0 radical (unpaired) electrons. The number of aliphatic hydroxyl groups excluding tert-OH is 5. The summed E-state index contributed by atoms with van der Waals surface area (Å²) in [6.45, 7) is 1.08. The van der Waals surface area contributed by atoms with Crippen LogP contribution in [0.1, 0.15) is 105 Å². The van der Waals surface area contributed by atoms with Crippen LogP contribution in [-0.2, 0) is 45.4 Å². The molecule has 19 nitrogen and oxygen atoms in total. The standard InChI is InChI=1S/C30H28N2O7.C30H26N2O7.C6H5Cl.C2H3N/c2*1-38-29(36)23-12-18-11-19(15-33)20(16-34)13-22(18)27(28(23)30(37)39-2)17-7-9-31-26(14-17)32-10-8-25(35)21-5-3-4-6-24(21)32;7-6-4-2-1-3-5-6;1-2-3/h3-7,9,11-14,25,33-35H,8,10,15-16H2,1-2H3;3-7,9,11-14,33-34H,8,10,15-16H2,1-2H3;1-5H;1H3/t25-;;;/m0.../s1. The van der Waals surface area contributed by atoms with Gasteiger partial charge < -0.3 is 54.3 Å². The lowest BCUT2D eigenvalue weighted by Crippen LogP contribution is -2.28. The maximum atomic E-state index is 13.2. The normalized spacial score (nSPS) is 13.0. The molecule has 9 aromatic rings. The van der Waals surface area contributed by atoms with E-state index in [0.29, 0.717) is 109 Å². The molecule has 11 rings (SSSR count). The van der Waals surface area contributed by atoms with E-state index in [2.05, 4.69) is 9.97 Å². The van der Waals surface area contributed by atoms with Crippen molar-refractivity contribution < 1.29 is 68.5 Å². The number of carbonyl (C=O) groups is 5. The lowest BCUT2D eigenvalue weighted by atomic mass is 9.87. The molecule has 5 N–H and O–H groups in total. The van der Waals surface area contributed by atoms with Crippen LogP contribution in [0, 0.1) is 11.3 Å². The second-order valence-corrected chi connectivity index (χ2v) is 20.2. The van der Waals surface area contributed by atoms with Gasteiger partial charge in [0.1, 0.15) is 11.6 Å². The van der Waals surface area contributed by atoms with Crippen molar-refractivity contribution >= 4 is 85.8 Å². The quantitative estimate of drug-likeness (QED) is 0.0561. The summed E-state index contributed by atoms with van der Waals surface area (Å²) < 4.78 is 20.2. The van der Waals surface area contributed by atoms with Crippen molar-refractivity contribution in [3.63, 3.8) is 0 Å². The van der Waals surface area contributed by atoms with Crippen LogP contribution in [0.4, 0.5) is 23.0 Å². The molecule has 0 bridgehead atoms. The van der Waals surface area contributed by atoms with E-state index < -0.39 is 30.0 Å². The van der Waals surface area contributed by atoms with E-state index >= 15 is 0 Å². The van der Waals surface area contributed by atoms with Gasteiger partial charge in [-0.15, -0.1) is 0 Å². The van der Waals surface area contributed by atoms with Crippen molar-refractivity contribution in [2.75, 3.05) is 51.3 Å². The van der Waals surface area contributed by atoms with Crippen molar-refractivity contribution in [1.29, 1.82) is 5.26 Å². The number of ketones is 1. The number of rotatable bonds is 12. The average molecular weight is 1210 g/mol. The van der Waals surface area contributed by atoms with Gasteiger partial charge in [0, 0.05) is 71.8 Å². The molecule has 2 aliphatic heterocycles. The molecule has 0 fully saturated rings. The lowest BCUT2D eigenvalue weighted by Gasteiger charge is -2.33. The summed E-state index contributed by atoms with van der Waals surface area (Å²) in [4.78, 5) is 77.7. The summed E-state index contributed by atoms with van der Waals surface area (Å²) in [6.07, 6.45) is 3.47. The van der Waals surface area contributed by atoms with Gasteiger partial charge in [0.15, 0.2) is 5.78 Å². The smallest absolute Gasteiger partial charge is 0.339 e. The fourth-order valence-electron chi connectivity index (χ4n) is 10.7. The Morgan fingerprint density at radius 3 is 1.43 bits per heavy atom. The number of methoxy groups -OCH3 is 4. The highest BCUT2D eigenvalue weighted by molar-refractivity contribution is 6.30. The third kappa shape index (κ3) is 13.5. The maximum Gasteiger partial charge on any atom is 0.339 e. The molecule has 0 aliphatic carbocycles. The summed E-state index contributed by atoms with van der Waals surface area (Å²) in [5, 5.41) is 60.6. The van der Waals surface area contributed by atoms with Gasteiger partial charge in [0.2, 0.25) is 0 Å². The summed E-state index contributed by atoms with van der Waals surface area (Å²) in [5.74, 6) is -1.72. The van der Waals surface area contributed by atoms with E-state index in [4.69, 9.17) is 35.8 Å². The summed E-state index contributed by atoms with van der Waals surface area (Å²) >= 11 is 5.54. The third-order valence-corrected chi connectivity index (χ3v) is 15.1. The highest BCUT2D eigenvalue weighted by Gasteiger charge is 2.31. The van der Waals surface area contributed by atoms with Crippen LogP contribution < -0.4 is 9.80 Å². The Labute approximate surface area is 511 Å². The number of fused-ring (bicyclic) bond motifs is 4. The molecule has 4 heterocycles. The maximum absolute atomic E-state index is 13.2. The largest absolute Gasteiger partial charge is 0.465 e. The number of hydrogen-bond acceptors (Lipinski definition) is 19. The molecule has 0 unspecified atom stereocenters. The van der Waals surface area contributed by atoms with E-state index in [1.807, 2.05) is 88.7 Å². The zero-order valence-electron chi connectivity index (χ0n) is 48.7. The molecule has 0 saturated carbocycles. The number of pyridine rings is 2. The SMILES string of the molecule is CC#N.COC(=O)c1cc2cc(CO)c(CO)cc2c(-c2ccnc(N3CCC(=O)c4ccccc43)c2)c1C(=O)OC.COC(=O)c1cc2cc(CO)c(CO)cc2c(-c2ccnc(N3CC[C@H](O)c4ccccc43)c2)c1C(=O)OC.Clc1ccccc1. The van der Waals surface area contributed by atoms with Crippen LogP contribution in [0.3, 0.4) is 0 Å².